The first kappa shape index (κ1) is 20.0. The second-order valence-electron chi connectivity index (χ2n) is 8.03. The van der Waals surface area contributed by atoms with Crippen LogP contribution in [0.25, 0.3) is 0 Å². The van der Waals surface area contributed by atoms with Crippen LogP contribution in [0, 0.1) is 6.92 Å². The van der Waals surface area contributed by atoms with Crippen LogP contribution in [0.1, 0.15) is 41.8 Å². The summed E-state index contributed by atoms with van der Waals surface area (Å²) in [4.78, 5) is 15.0. The third-order valence-electron chi connectivity index (χ3n) is 5.35. The van der Waals surface area contributed by atoms with E-state index in [0.717, 1.165) is 47.8 Å². The van der Waals surface area contributed by atoms with Crippen molar-refractivity contribution in [1.29, 1.82) is 0 Å². The van der Waals surface area contributed by atoms with Crippen LogP contribution in [0.15, 0.2) is 66.7 Å². The summed E-state index contributed by atoms with van der Waals surface area (Å²) in [5, 5.41) is 3.44. The first-order chi connectivity index (χ1) is 14.5. The van der Waals surface area contributed by atoms with E-state index in [9.17, 15) is 4.79 Å². The van der Waals surface area contributed by atoms with Gasteiger partial charge in [0.1, 0.15) is 5.75 Å². The number of amides is 1. The second kappa shape index (κ2) is 8.62. The summed E-state index contributed by atoms with van der Waals surface area (Å²) >= 11 is 0. The average molecular weight is 401 g/mol. The van der Waals surface area contributed by atoms with Crippen molar-refractivity contribution in [2.24, 2.45) is 0 Å². The van der Waals surface area contributed by atoms with Gasteiger partial charge in [0.05, 0.1) is 6.10 Å². The second-order valence-corrected chi connectivity index (χ2v) is 8.03. The molecule has 0 aromatic heterocycles. The highest BCUT2D eigenvalue weighted by Gasteiger charge is 2.23. The number of nitrogens with one attached hydrogen (secondary N) is 1. The third kappa shape index (κ3) is 4.33. The van der Waals surface area contributed by atoms with Gasteiger partial charge in [0.2, 0.25) is 0 Å². The average Bonchev–Trinajstić information content (AvgIpc) is 2.75. The van der Waals surface area contributed by atoms with E-state index in [1.165, 1.54) is 5.56 Å². The van der Waals surface area contributed by atoms with Crippen LogP contribution < -0.4 is 15.0 Å². The van der Waals surface area contributed by atoms with Gasteiger partial charge in [0, 0.05) is 35.2 Å². The Morgan fingerprint density at radius 1 is 1.03 bits per heavy atom. The van der Waals surface area contributed by atoms with Crippen molar-refractivity contribution in [3.63, 3.8) is 0 Å². The fourth-order valence-corrected chi connectivity index (χ4v) is 3.83. The Morgan fingerprint density at radius 3 is 2.57 bits per heavy atom. The molecule has 1 amide bonds. The predicted octanol–water partition coefficient (Wildman–Crippen LogP) is 6.12. The highest BCUT2D eigenvalue weighted by molar-refractivity contribution is 6.07. The van der Waals surface area contributed by atoms with Gasteiger partial charge in [-0.15, -0.1) is 0 Å². The molecule has 4 nitrogen and oxygen atoms in total. The van der Waals surface area contributed by atoms with E-state index in [-0.39, 0.29) is 12.0 Å². The normalized spacial score (nSPS) is 13.1. The van der Waals surface area contributed by atoms with Crippen LogP contribution in [0.4, 0.5) is 17.1 Å². The van der Waals surface area contributed by atoms with Crippen molar-refractivity contribution in [3.8, 4) is 5.75 Å². The quantitative estimate of drug-likeness (QED) is 0.561. The fraction of sp³-hybridized carbons (Fsp3) is 0.269. The third-order valence-corrected chi connectivity index (χ3v) is 5.35. The maximum atomic E-state index is 13.1. The molecule has 0 saturated heterocycles. The Morgan fingerprint density at radius 2 is 1.80 bits per heavy atom. The molecule has 0 atom stereocenters. The van der Waals surface area contributed by atoms with Gasteiger partial charge in [-0.1, -0.05) is 24.3 Å². The molecule has 0 spiro atoms. The summed E-state index contributed by atoms with van der Waals surface area (Å²) in [5.41, 5.74) is 6.05. The van der Waals surface area contributed by atoms with Crippen molar-refractivity contribution in [2.45, 2.75) is 39.7 Å². The van der Waals surface area contributed by atoms with Gasteiger partial charge in [-0.25, -0.2) is 0 Å². The van der Waals surface area contributed by atoms with Crippen LogP contribution in [0.5, 0.6) is 5.75 Å². The van der Waals surface area contributed by atoms with Crippen LogP contribution in [0.2, 0.25) is 0 Å². The van der Waals surface area contributed by atoms with Crippen molar-refractivity contribution in [3.05, 3.63) is 83.4 Å². The minimum Gasteiger partial charge on any atom is -0.491 e. The van der Waals surface area contributed by atoms with Gasteiger partial charge in [-0.2, -0.15) is 0 Å². The molecule has 1 heterocycles. The number of ether oxygens (including phenoxy) is 1. The largest absolute Gasteiger partial charge is 0.491 e. The highest BCUT2D eigenvalue weighted by Crippen LogP contribution is 2.29. The Bertz CT molecular complexity index is 1040. The number of rotatable bonds is 5. The van der Waals surface area contributed by atoms with Gasteiger partial charge >= 0.3 is 0 Å². The van der Waals surface area contributed by atoms with Crippen LogP contribution in [0.3, 0.4) is 0 Å². The van der Waals surface area contributed by atoms with E-state index in [1.54, 1.807) is 0 Å². The van der Waals surface area contributed by atoms with Crippen LogP contribution in [-0.4, -0.2) is 18.6 Å². The first-order valence-corrected chi connectivity index (χ1v) is 10.6. The molecule has 3 aromatic carbocycles. The summed E-state index contributed by atoms with van der Waals surface area (Å²) in [7, 11) is 0. The van der Waals surface area contributed by atoms with Crippen LogP contribution >= 0.6 is 0 Å². The number of hydrogen-bond acceptors (Lipinski definition) is 3. The molecule has 154 valence electrons. The summed E-state index contributed by atoms with van der Waals surface area (Å²) in [6, 6.07) is 21.9. The van der Waals surface area contributed by atoms with Crippen LogP contribution in [-0.2, 0) is 6.42 Å². The molecule has 0 fully saturated rings. The minimum atomic E-state index is 0.0530. The molecule has 1 aliphatic heterocycles. The maximum absolute atomic E-state index is 13.1. The molecular formula is C26H28N2O2. The highest BCUT2D eigenvalue weighted by atomic mass is 16.5. The van der Waals surface area contributed by atoms with Gasteiger partial charge in [0.25, 0.3) is 5.91 Å². The standard InChI is InChI=1S/C26H28N2O2/c1-18(2)30-23-15-10-19(3)24(17-23)27-22-13-11-21(12-14-22)26(29)28-16-6-8-20-7-4-5-9-25(20)28/h4-5,7,9-15,17-18,27H,6,8,16H2,1-3H3. The van der Waals surface area contributed by atoms with Gasteiger partial charge in [-0.05, 0) is 81.1 Å². The Kier molecular flexibility index (Phi) is 5.75. The SMILES string of the molecule is Cc1ccc(OC(C)C)cc1Nc1ccc(C(=O)N2CCCc3ccccc32)cc1. The topological polar surface area (TPSA) is 41.6 Å². The Balaban J connectivity index is 1.51. The molecule has 4 heteroatoms. The maximum Gasteiger partial charge on any atom is 0.258 e. The molecule has 0 aliphatic carbocycles. The lowest BCUT2D eigenvalue weighted by Crippen LogP contribution is -2.35. The van der Waals surface area contributed by atoms with Gasteiger partial charge in [0.15, 0.2) is 0 Å². The molecule has 0 saturated carbocycles. The van der Waals surface area contributed by atoms with E-state index in [0.29, 0.717) is 5.56 Å². The van der Waals surface area contributed by atoms with E-state index in [4.69, 9.17) is 4.74 Å². The van der Waals surface area contributed by atoms with Crippen molar-refractivity contribution in [2.75, 3.05) is 16.8 Å². The minimum absolute atomic E-state index is 0.0530. The summed E-state index contributed by atoms with van der Waals surface area (Å²) in [6.07, 6.45) is 2.16. The summed E-state index contributed by atoms with van der Waals surface area (Å²) in [5.74, 6) is 0.894. The number of aryl methyl sites for hydroxylation is 2. The van der Waals surface area contributed by atoms with E-state index in [2.05, 4.69) is 18.3 Å². The number of para-hydroxylation sites is 1. The number of carbonyl (C=O) groups is 1. The van der Waals surface area contributed by atoms with E-state index >= 15 is 0 Å². The smallest absolute Gasteiger partial charge is 0.258 e. The lowest BCUT2D eigenvalue weighted by atomic mass is 10.0. The lowest BCUT2D eigenvalue weighted by molar-refractivity contribution is 0.0985. The first-order valence-electron chi connectivity index (χ1n) is 10.6. The van der Waals surface area contributed by atoms with Crippen molar-refractivity contribution < 1.29 is 9.53 Å². The molecule has 1 aliphatic rings. The predicted molar refractivity (Wildman–Crippen MR) is 123 cm³/mol. The summed E-state index contributed by atoms with van der Waals surface area (Å²) in [6.45, 7) is 6.86. The summed E-state index contributed by atoms with van der Waals surface area (Å²) < 4.78 is 5.80. The number of carbonyl (C=O) groups excluding carboxylic acids is 1. The number of benzene rings is 3. The van der Waals surface area contributed by atoms with Gasteiger partial charge < -0.3 is 15.0 Å². The molecule has 0 unspecified atom stereocenters. The van der Waals surface area contributed by atoms with E-state index < -0.39 is 0 Å². The molecule has 1 N–H and O–H groups in total. The number of nitrogens with zero attached hydrogens (tertiary/aromatic N) is 1. The zero-order chi connectivity index (χ0) is 21.1. The van der Waals surface area contributed by atoms with E-state index in [1.807, 2.05) is 79.4 Å². The number of fused-ring (bicyclic) bond motifs is 1. The van der Waals surface area contributed by atoms with Crippen molar-refractivity contribution in [1.82, 2.24) is 0 Å². The molecule has 30 heavy (non-hydrogen) atoms. The Labute approximate surface area is 178 Å². The fourth-order valence-electron chi connectivity index (χ4n) is 3.83. The lowest BCUT2D eigenvalue weighted by Gasteiger charge is -2.29. The zero-order valence-corrected chi connectivity index (χ0v) is 17.8. The molecule has 4 rings (SSSR count). The molecule has 0 bridgehead atoms. The molecular weight excluding hydrogens is 372 g/mol. The Hall–Kier alpha value is -3.27. The molecule has 0 radical (unpaired) electrons. The zero-order valence-electron chi connectivity index (χ0n) is 17.8. The monoisotopic (exact) mass is 400 g/mol. The number of hydrogen-bond donors (Lipinski definition) is 1. The molecule has 3 aromatic rings. The number of anilines is 3. The van der Waals surface area contributed by atoms with Gasteiger partial charge in [-0.3, -0.25) is 4.79 Å². The van der Waals surface area contributed by atoms with Crippen molar-refractivity contribution >= 4 is 23.0 Å².